The Morgan fingerprint density at radius 1 is 0.906 bits per heavy atom. The summed E-state index contributed by atoms with van der Waals surface area (Å²) in [4.78, 5) is 24.4. The van der Waals surface area contributed by atoms with Crippen LogP contribution in [0.2, 0.25) is 0 Å². The molecule has 0 radical (unpaired) electrons. The highest BCUT2D eigenvalue weighted by Crippen LogP contribution is 2.32. The van der Waals surface area contributed by atoms with Gasteiger partial charge in [-0.15, -0.1) is 0 Å². The molecule has 1 amide bonds. The normalized spacial score (nSPS) is 13.2. The van der Waals surface area contributed by atoms with Crippen molar-refractivity contribution in [2.24, 2.45) is 0 Å². The minimum absolute atomic E-state index is 0.111. The van der Waals surface area contributed by atoms with E-state index in [1.807, 2.05) is 79.7 Å². The SMILES string of the molecule is CC(NC(=O)COC(=O)Cc1ccc(-c2ccccc2)cc1)c1ccc2c(c1)OCCO2. The van der Waals surface area contributed by atoms with Crippen LogP contribution >= 0.6 is 0 Å². The lowest BCUT2D eigenvalue weighted by atomic mass is 10.0. The summed E-state index contributed by atoms with van der Waals surface area (Å²) in [5, 5.41) is 2.84. The third-order valence-corrected chi connectivity index (χ3v) is 5.22. The van der Waals surface area contributed by atoms with Crippen molar-refractivity contribution in [2.45, 2.75) is 19.4 Å². The molecule has 0 aromatic heterocycles. The molecule has 1 heterocycles. The van der Waals surface area contributed by atoms with Crippen LogP contribution in [0.1, 0.15) is 24.1 Å². The fourth-order valence-corrected chi connectivity index (χ4v) is 3.51. The van der Waals surface area contributed by atoms with E-state index in [4.69, 9.17) is 14.2 Å². The summed E-state index contributed by atoms with van der Waals surface area (Å²) in [7, 11) is 0. The van der Waals surface area contributed by atoms with Gasteiger partial charge < -0.3 is 19.5 Å². The van der Waals surface area contributed by atoms with Crippen LogP contribution in [0.4, 0.5) is 0 Å². The highest BCUT2D eigenvalue weighted by molar-refractivity contribution is 5.81. The molecule has 6 heteroatoms. The van der Waals surface area contributed by atoms with Gasteiger partial charge in [-0.25, -0.2) is 0 Å². The van der Waals surface area contributed by atoms with Gasteiger partial charge in [0.1, 0.15) is 13.2 Å². The molecular weight excluding hydrogens is 406 g/mol. The molecule has 0 aliphatic carbocycles. The largest absolute Gasteiger partial charge is 0.486 e. The molecule has 1 atom stereocenters. The third kappa shape index (κ3) is 5.46. The molecule has 4 rings (SSSR count). The molecule has 0 spiro atoms. The molecule has 32 heavy (non-hydrogen) atoms. The van der Waals surface area contributed by atoms with Gasteiger partial charge >= 0.3 is 5.97 Å². The second-order valence-electron chi connectivity index (χ2n) is 7.59. The average molecular weight is 431 g/mol. The molecule has 0 bridgehead atoms. The van der Waals surface area contributed by atoms with E-state index >= 15 is 0 Å². The lowest BCUT2D eigenvalue weighted by Gasteiger charge is -2.21. The van der Waals surface area contributed by atoms with Gasteiger partial charge in [0.2, 0.25) is 0 Å². The zero-order chi connectivity index (χ0) is 22.3. The van der Waals surface area contributed by atoms with Crippen molar-refractivity contribution in [3.63, 3.8) is 0 Å². The summed E-state index contributed by atoms with van der Waals surface area (Å²) in [5.41, 5.74) is 3.91. The molecule has 1 N–H and O–H groups in total. The summed E-state index contributed by atoms with van der Waals surface area (Å²) in [5.74, 6) is 0.559. The zero-order valence-corrected chi connectivity index (χ0v) is 17.9. The summed E-state index contributed by atoms with van der Waals surface area (Å²) in [6, 6.07) is 23.1. The number of rotatable bonds is 7. The van der Waals surface area contributed by atoms with Gasteiger partial charge in [-0.05, 0) is 41.3 Å². The number of carbonyl (C=O) groups is 2. The van der Waals surface area contributed by atoms with Crippen LogP contribution in [0.5, 0.6) is 11.5 Å². The minimum atomic E-state index is -0.445. The lowest BCUT2D eigenvalue weighted by molar-refractivity contribution is -0.148. The fraction of sp³-hybridized carbons (Fsp3) is 0.231. The maximum atomic E-state index is 12.2. The molecule has 3 aromatic carbocycles. The Balaban J connectivity index is 1.24. The number of nitrogens with one attached hydrogen (secondary N) is 1. The maximum Gasteiger partial charge on any atom is 0.310 e. The monoisotopic (exact) mass is 431 g/mol. The highest BCUT2D eigenvalue weighted by Gasteiger charge is 2.16. The van der Waals surface area contributed by atoms with E-state index in [2.05, 4.69) is 5.32 Å². The molecule has 1 aliphatic rings. The average Bonchev–Trinajstić information content (AvgIpc) is 2.83. The number of ether oxygens (including phenoxy) is 3. The lowest BCUT2D eigenvalue weighted by Crippen LogP contribution is -2.31. The first-order valence-electron chi connectivity index (χ1n) is 10.6. The third-order valence-electron chi connectivity index (χ3n) is 5.22. The van der Waals surface area contributed by atoms with E-state index in [0.717, 1.165) is 22.3 Å². The Labute approximate surface area is 187 Å². The first-order chi connectivity index (χ1) is 15.6. The topological polar surface area (TPSA) is 73.9 Å². The first kappa shape index (κ1) is 21.4. The van der Waals surface area contributed by atoms with Gasteiger partial charge in [0.25, 0.3) is 5.91 Å². The molecule has 0 saturated carbocycles. The van der Waals surface area contributed by atoms with Crippen LogP contribution in [0.3, 0.4) is 0 Å². The summed E-state index contributed by atoms with van der Waals surface area (Å²) in [6.07, 6.45) is 0.111. The van der Waals surface area contributed by atoms with Crippen LogP contribution in [0.25, 0.3) is 11.1 Å². The van der Waals surface area contributed by atoms with Crippen LogP contribution in [0.15, 0.2) is 72.8 Å². The van der Waals surface area contributed by atoms with Crippen molar-refractivity contribution in [3.05, 3.63) is 83.9 Å². The molecule has 0 saturated heterocycles. The number of carbonyl (C=O) groups excluding carboxylic acids is 2. The quantitative estimate of drug-likeness (QED) is 0.571. The van der Waals surface area contributed by atoms with Crippen LogP contribution in [-0.2, 0) is 20.7 Å². The number of hydrogen-bond acceptors (Lipinski definition) is 5. The molecule has 6 nitrogen and oxygen atoms in total. The van der Waals surface area contributed by atoms with Crippen molar-refractivity contribution in [1.29, 1.82) is 0 Å². The summed E-state index contributed by atoms with van der Waals surface area (Å²) >= 11 is 0. The maximum absolute atomic E-state index is 12.2. The van der Waals surface area contributed by atoms with Crippen LogP contribution in [-0.4, -0.2) is 31.7 Å². The Morgan fingerprint density at radius 3 is 2.34 bits per heavy atom. The van der Waals surface area contributed by atoms with E-state index in [-0.39, 0.29) is 25.0 Å². The Morgan fingerprint density at radius 2 is 1.59 bits per heavy atom. The molecule has 3 aromatic rings. The van der Waals surface area contributed by atoms with Crippen LogP contribution in [0, 0.1) is 0 Å². The van der Waals surface area contributed by atoms with Gasteiger partial charge in [-0.2, -0.15) is 0 Å². The van der Waals surface area contributed by atoms with Crippen molar-refractivity contribution >= 4 is 11.9 Å². The van der Waals surface area contributed by atoms with Gasteiger partial charge in [-0.1, -0.05) is 60.7 Å². The van der Waals surface area contributed by atoms with E-state index < -0.39 is 5.97 Å². The molecule has 0 fully saturated rings. The van der Waals surface area contributed by atoms with Crippen molar-refractivity contribution in [1.82, 2.24) is 5.32 Å². The van der Waals surface area contributed by atoms with Gasteiger partial charge in [-0.3, -0.25) is 9.59 Å². The predicted molar refractivity (Wildman–Crippen MR) is 121 cm³/mol. The van der Waals surface area contributed by atoms with Crippen molar-refractivity contribution in [2.75, 3.05) is 19.8 Å². The smallest absolute Gasteiger partial charge is 0.310 e. The highest BCUT2D eigenvalue weighted by atomic mass is 16.6. The van der Waals surface area contributed by atoms with Gasteiger partial charge in [0.05, 0.1) is 12.5 Å². The Kier molecular flexibility index (Phi) is 6.70. The molecule has 1 aliphatic heterocycles. The Hall–Kier alpha value is -3.80. The van der Waals surface area contributed by atoms with E-state index in [1.165, 1.54) is 0 Å². The standard InChI is InChI=1S/C26H25NO5/c1-18(22-11-12-23-24(16-22)31-14-13-30-23)27-25(28)17-32-26(29)15-19-7-9-21(10-8-19)20-5-3-2-4-6-20/h2-12,16,18H,13-15,17H2,1H3,(H,27,28). The molecular formula is C26H25NO5. The summed E-state index contributed by atoms with van der Waals surface area (Å²) < 4.78 is 16.2. The first-order valence-corrected chi connectivity index (χ1v) is 10.6. The van der Waals surface area contributed by atoms with E-state index in [0.29, 0.717) is 24.7 Å². The zero-order valence-electron chi connectivity index (χ0n) is 17.9. The predicted octanol–water partition coefficient (Wildman–Crippen LogP) is 4.09. The number of hydrogen-bond donors (Lipinski definition) is 1. The number of amides is 1. The number of esters is 1. The van der Waals surface area contributed by atoms with E-state index in [9.17, 15) is 9.59 Å². The Bertz CT molecular complexity index is 1080. The second kappa shape index (κ2) is 10.0. The molecule has 1 unspecified atom stereocenters. The van der Waals surface area contributed by atoms with Crippen molar-refractivity contribution in [3.8, 4) is 22.6 Å². The van der Waals surface area contributed by atoms with Gasteiger partial charge in [0, 0.05) is 0 Å². The van der Waals surface area contributed by atoms with E-state index in [1.54, 1.807) is 0 Å². The minimum Gasteiger partial charge on any atom is -0.486 e. The van der Waals surface area contributed by atoms with Crippen molar-refractivity contribution < 1.29 is 23.8 Å². The van der Waals surface area contributed by atoms with Gasteiger partial charge in [0.15, 0.2) is 18.1 Å². The fourth-order valence-electron chi connectivity index (χ4n) is 3.51. The number of fused-ring (bicyclic) bond motifs is 1. The molecule has 164 valence electrons. The summed E-state index contributed by atoms with van der Waals surface area (Å²) in [6.45, 7) is 2.57. The van der Waals surface area contributed by atoms with Crippen LogP contribution < -0.4 is 14.8 Å². The number of benzene rings is 3. The second-order valence-corrected chi connectivity index (χ2v) is 7.59.